The number of thioether (sulfide) groups is 1. The molecular weight excluding hydrogens is 272 g/mol. The van der Waals surface area contributed by atoms with Crippen molar-refractivity contribution in [1.29, 1.82) is 0 Å². The predicted molar refractivity (Wildman–Crippen MR) is 81.1 cm³/mol. The van der Waals surface area contributed by atoms with Crippen molar-refractivity contribution in [1.82, 2.24) is 19.7 Å². The van der Waals surface area contributed by atoms with Gasteiger partial charge in [0.2, 0.25) is 0 Å². The van der Waals surface area contributed by atoms with E-state index >= 15 is 0 Å². The number of rotatable bonds is 2. The van der Waals surface area contributed by atoms with Crippen molar-refractivity contribution in [3.8, 4) is 0 Å². The molecule has 0 atom stereocenters. The molecule has 1 fully saturated rings. The number of amides is 1. The lowest BCUT2D eigenvalue weighted by Gasteiger charge is -2.26. The molecule has 6 heteroatoms. The maximum Gasteiger partial charge on any atom is 0.255 e. The third-order valence-corrected chi connectivity index (χ3v) is 4.41. The second-order valence-electron chi connectivity index (χ2n) is 5.22. The number of hydrogen-bond donors (Lipinski definition) is 0. The third kappa shape index (κ3) is 2.40. The summed E-state index contributed by atoms with van der Waals surface area (Å²) in [5, 5.41) is 5.26. The monoisotopic (exact) mass is 290 g/mol. The van der Waals surface area contributed by atoms with Crippen LogP contribution in [0.25, 0.3) is 11.0 Å². The van der Waals surface area contributed by atoms with Gasteiger partial charge in [-0.3, -0.25) is 4.79 Å². The van der Waals surface area contributed by atoms with Crippen LogP contribution in [0.3, 0.4) is 0 Å². The minimum atomic E-state index is 0.0806. The number of carbonyl (C=O) groups excluding carboxylic acids is 1. The van der Waals surface area contributed by atoms with Crippen LogP contribution < -0.4 is 0 Å². The van der Waals surface area contributed by atoms with Gasteiger partial charge in [0.05, 0.1) is 11.8 Å². The molecule has 106 valence electrons. The normalized spacial score (nSPS) is 16.1. The minimum absolute atomic E-state index is 0.0806. The maximum absolute atomic E-state index is 12.4. The van der Waals surface area contributed by atoms with Crippen LogP contribution in [0.2, 0.25) is 0 Å². The van der Waals surface area contributed by atoms with Gasteiger partial charge in [0.15, 0.2) is 5.65 Å². The van der Waals surface area contributed by atoms with E-state index in [1.54, 1.807) is 12.4 Å². The first-order valence-electron chi connectivity index (χ1n) is 6.87. The number of nitrogens with zero attached hydrogens (tertiary/aromatic N) is 4. The van der Waals surface area contributed by atoms with E-state index in [-0.39, 0.29) is 11.9 Å². The molecule has 3 rings (SSSR count). The molecule has 0 aliphatic carbocycles. The summed E-state index contributed by atoms with van der Waals surface area (Å²) in [6.45, 7) is 5.79. The Morgan fingerprint density at radius 3 is 2.75 bits per heavy atom. The van der Waals surface area contributed by atoms with Crippen LogP contribution in [0.1, 0.15) is 30.2 Å². The zero-order valence-electron chi connectivity index (χ0n) is 11.7. The van der Waals surface area contributed by atoms with Gasteiger partial charge in [-0.05, 0) is 19.9 Å². The summed E-state index contributed by atoms with van der Waals surface area (Å²) in [5.41, 5.74) is 1.50. The summed E-state index contributed by atoms with van der Waals surface area (Å²) in [5.74, 6) is 2.12. The second-order valence-corrected chi connectivity index (χ2v) is 6.45. The molecule has 2 aromatic rings. The molecule has 0 N–H and O–H groups in total. The van der Waals surface area contributed by atoms with E-state index in [2.05, 4.69) is 23.9 Å². The predicted octanol–water partition coefficient (Wildman–Crippen LogP) is 2.20. The fourth-order valence-electron chi connectivity index (χ4n) is 2.38. The van der Waals surface area contributed by atoms with Crippen molar-refractivity contribution < 1.29 is 4.79 Å². The molecule has 0 radical (unpaired) electrons. The quantitative estimate of drug-likeness (QED) is 0.851. The van der Waals surface area contributed by atoms with Crippen molar-refractivity contribution in [3.05, 3.63) is 24.0 Å². The van der Waals surface area contributed by atoms with E-state index in [1.165, 1.54) is 0 Å². The first-order valence-corrected chi connectivity index (χ1v) is 8.02. The van der Waals surface area contributed by atoms with E-state index in [0.717, 1.165) is 35.6 Å². The molecular formula is C14H18N4OS. The van der Waals surface area contributed by atoms with E-state index in [9.17, 15) is 4.79 Å². The standard InChI is InChI=1S/C14H18N4OS/c1-10(2)18-13-11(9-16-18)7-12(8-15-13)14(19)17-3-5-20-6-4-17/h7-10H,3-6H2,1-2H3. The summed E-state index contributed by atoms with van der Waals surface area (Å²) in [6.07, 6.45) is 3.46. The highest BCUT2D eigenvalue weighted by molar-refractivity contribution is 7.99. The van der Waals surface area contributed by atoms with Crippen LogP contribution >= 0.6 is 11.8 Å². The Bertz CT molecular complexity index is 631. The molecule has 1 aliphatic heterocycles. The molecule has 1 saturated heterocycles. The smallest absolute Gasteiger partial charge is 0.255 e. The van der Waals surface area contributed by atoms with E-state index < -0.39 is 0 Å². The van der Waals surface area contributed by atoms with Gasteiger partial charge in [-0.1, -0.05) is 0 Å². The average molecular weight is 290 g/mol. The van der Waals surface area contributed by atoms with E-state index in [1.807, 2.05) is 27.4 Å². The lowest BCUT2D eigenvalue weighted by molar-refractivity contribution is 0.0772. The highest BCUT2D eigenvalue weighted by Crippen LogP contribution is 2.18. The maximum atomic E-state index is 12.4. The molecule has 2 aromatic heterocycles. The van der Waals surface area contributed by atoms with Crippen LogP contribution in [0.4, 0.5) is 0 Å². The first-order chi connectivity index (χ1) is 9.66. The second kappa shape index (κ2) is 5.44. The van der Waals surface area contributed by atoms with Crippen LogP contribution in [0, 0.1) is 0 Å². The molecule has 1 aliphatic rings. The largest absolute Gasteiger partial charge is 0.337 e. The zero-order chi connectivity index (χ0) is 14.1. The van der Waals surface area contributed by atoms with E-state index in [4.69, 9.17) is 0 Å². The number of carbonyl (C=O) groups is 1. The number of fused-ring (bicyclic) bond motifs is 1. The molecule has 0 saturated carbocycles. The summed E-state index contributed by atoms with van der Waals surface area (Å²) in [6, 6.07) is 2.17. The Balaban J connectivity index is 1.91. The Kier molecular flexibility index (Phi) is 3.65. The SMILES string of the molecule is CC(C)n1ncc2cc(C(=O)N3CCSCC3)cnc21. The van der Waals surface area contributed by atoms with Gasteiger partial charge in [0, 0.05) is 42.2 Å². The van der Waals surface area contributed by atoms with Crippen molar-refractivity contribution in [2.75, 3.05) is 24.6 Å². The highest BCUT2D eigenvalue weighted by atomic mass is 32.2. The molecule has 0 unspecified atom stereocenters. The average Bonchev–Trinajstić information content (AvgIpc) is 2.90. The van der Waals surface area contributed by atoms with Gasteiger partial charge < -0.3 is 4.90 Å². The van der Waals surface area contributed by atoms with Gasteiger partial charge in [-0.25, -0.2) is 9.67 Å². The van der Waals surface area contributed by atoms with Crippen molar-refractivity contribution >= 4 is 28.7 Å². The molecule has 5 nitrogen and oxygen atoms in total. The summed E-state index contributed by atoms with van der Waals surface area (Å²) >= 11 is 1.90. The van der Waals surface area contributed by atoms with Gasteiger partial charge in [-0.15, -0.1) is 0 Å². The van der Waals surface area contributed by atoms with E-state index in [0.29, 0.717) is 5.56 Å². The lowest BCUT2D eigenvalue weighted by atomic mass is 10.2. The third-order valence-electron chi connectivity index (χ3n) is 3.47. The summed E-state index contributed by atoms with van der Waals surface area (Å²) < 4.78 is 1.88. The van der Waals surface area contributed by atoms with Gasteiger partial charge in [-0.2, -0.15) is 16.9 Å². The zero-order valence-corrected chi connectivity index (χ0v) is 12.6. The Labute approximate surface area is 122 Å². The molecule has 0 aromatic carbocycles. The first kappa shape index (κ1) is 13.4. The topological polar surface area (TPSA) is 51.0 Å². The number of pyridine rings is 1. The van der Waals surface area contributed by atoms with Crippen LogP contribution in [0.5, 0.6) is 0 Å². The minimum Gasteiger partial charge on any atom is -0.337 e. The Hall–Kier alpha value is -1.56. The van der Waals surface area contributed by atoms with Gasteiger partial charge in [0.1, 0.15) is 0 Å². The Morgan fingerprint density at radius 1 is 1.30 bits per heavy atom. The molecule has 3 heterocycles. The lowest BCUT2D eigenvalue weighted by Crippen LogP contribution is -2.37. The summed E-state index contributed by atoms with van der Waals surface area (Å²) in [4.78, 5) is 18.8. The fraction of sp³-hybridized carbons (Fsp3) is 0.500. The Morgan fingerprint density at radius 2 is 2.05 bits per heavy atom. The van der Waals surface area contributed by atoms with Crippen molar-refractivity contribution in [2.24, 2.45) is 0 Å². The van der Waals surface area contributed by atoms with Crippen LogP contribution in [-0.4, -0.2) is 50.2 Å². The number of aromatic nitrogens is 3. The molecule has 20 heavy (non-hydrogen) atoms. The molecule has 1 amide bonds. The molecule has 0 spiro atoms. The van der Waals surface area contributed by atoms with Crippen molar-refractivity contribution in [2.45, 2.75) is 19.9 Å². The van der Waals surface area contributed by atoms with Gasteiger partial charge >= 0.3 is 0 Å². The summed E-state index contributed by atoms with van der Waals surface area (Å²) in [7, 11) is 0. The van der Waals surface area contributed by atoms with Gasteiger partial charge in [0.25, 0.3) is 5.91 Å². The molecule has 0 bridgehead atoms. The number of hydrogen-bond acceptors (Lipinski definition) is 4. The fourth-order valence-corrected chi connectivity index (χ4v) is 3.29. The van der Waals surface area contributed by atoms with Crippen molar-refractivity contribution in [3.63, 3.8) is 0 Å². The van der Waals surface area contributed by atoms with Crippen LogP contribution in [-0.2, 0) is 0 Å². The van der Waals surface area contributed by atoms with Crippen LogP contribution in [0.15, 0.2) is 18.5 Å². The highest BCUT2D eigenvalue weighted by Gasteiger charge is 2.19.